The van der Waals surface area contributed by atoms with Crippen LogP contribution in [0.2, 0.25) is 0 Å². The lowest BCUT2D eigenvalue weighted by Crippen LogP contribution is -2.32. The Morgan fingerprint density at radius 2 is 1.76 bits per heavy atom. The minimum Gasteiger partial charge on any atom is -0.435 e. The van der Waals surface area contributed by atoms with Crippen molar-refractivity contribution in [1.29, 1.82) is 0 Å². The van der Waals surface area contributed by atoms with Crippen molar-refractivity contribution in [3.63, 3.8) is 0 Å². The third kappa shape index (κ3) is 3.69. The summed E-state index contributed by atoms with van der Waals surface area (Å²) in [5, 5.41) is 0. The van der Waals surface area contributed by atoms with Gasteiger partial charge in [0.25, 0.3) is 5.91 Å². The second-order valence-electron chi connectivity index (χ2n) is 3.91. The first-order chi connectivity index (χ1) is 7.91. The molecule has 1 amide bonds. The van der Waals surface area contributed by atoms with Gasteiger partial charge in [-0.25, -0.2) is 0 Å². The molecular weight excluding hydrogens is 228 g/mol. The van der Waals surface area contributed by atoms with E-state index in [0.717, 1.165) is 0 Å². The van der Waals surface area contributed by atoms with Crippen LogP contribution in [0.3, 0.4) is 0 Å². The summed E-state index contributed by atoms with van der Waals surface area (Å²) in [6.07, 6.45) is 0. The highest BCUT2D eigenvalue weighted by Gasteiger charge is 2.14. The number of carbonyl (C=O) groups is 1. The van der Waals surface area contributed by atoms with Crippen LogP contribution in [0.4, 0.5) is 8.78 Å². The first kappa shape index (κ1) is 13.4. The minimum absolute atomic E-state index is 0.0451. The van der Waals surface area contributed by atoms with Gasteiger partial charge < -0.3 is 9.64 Å². The van der Waals surface area contributed by atoms with Crippen LogP contribution >= 0.6 is 0 Å². The zero-order valence-corrected chi connectivity index (χ0v) is 9.98. The first-order valence-corrected chi connectivity index (χ1v) is 5.24. The van der Waals surface area contributed by atoms with Crippen LogP contribution in [0.15, 0.2) is 24.3 Å². The third-order valence-corrected chi connectivity index (χ3v) is 2.42. The molecule has 5 heteroatoms. The molecule has 1 rings (SSSR count). The SMILES string of the molecule is CC(C)N(C)C(=O)c1ccc(OC(F)F)cc1. The van der Waals surface area contributed by atoms with E-state index in [1.807, 2.05) is 13.8 Å². The fourth-order valence-corrected chi connectivity index (χ4v) is 1.22. The van der Waals surface area contributed by atoms with Crippen LogP contribution in [0, 0.1) is 0 Å². The van der Waals surface area contributed by atoms with Crippen molar-refractivity contribution in [2.75, 3.05) is 7.05 Å². The predicted octanol–water partition coefficient (Wildman–Crippen LogP) is 2.77. The van der Waals surface area contributed by atoms with Gasteiger partial charge in [-0.1, -0.05) is 0 Å². The molecule has 0 aliphatic carbocycles. The number of ether oxygens (including phenoxy) is 1. The van der Waals surface area contributed by atoms with E-state index in [4.69, 9.17) is 0 Å². The Hall–Kier alpha value is -1.65. The van der Waals surface area contributed by atoms with Crippen molar-refractivity contribution in [3.05, 3.63) is 29.8 Å². The monoisotopic (exact) mass is 243 g/mol. The van der Waals surface area contributed by atoms with Crippen molar-refractivity contribution < 1.29 is 18.3 Å². The van der Waals surface area contributed by atoms with Gasteiger partial charge in [-0.05, 0) is 38.1 Å². The Labute approximate surface area is 99.0 Å². The van der Waals surface area contributed by atoms with Crippen LogP contribution in [0.1, 0.15) is 24.2 Å². The van der Waals surface area contributed by atoms with Gasteiger partial charge in [-0.3, -0.25) is 4.79 Å². The molecule has 0 heterocycles. The lowest BCUT2D eigenvalue weighted by Gasteiger charge is -2.21. The summed E-state index contributed by atoms with van der Waals surface area (Å²) < 4.78 is 28.0. The van der Waals surface area contributed by atoms with Gasteiger partial charge in [-0.2, -0.15) is 8.78 Å². The summed E-state index contributed by atoms with van der Waals surface area (Å²) in [7, 11) is 1.69. The van der Waals surface area contributed by atoms with Crippen molar-refractivity contribution in [2.24, 2.45) is 0 Å². The lowest BCUT2D eigenvalue weighted by molar-refractivity contribution is -0.0498. The quantitative estimate of drug-likeness (QED) is 0.813. The number of rotatable bonds is 4. The smallest absolute Gasteiger partial charge is 0.387 e. The molecule has 1 aromatic rings. The van der Waals surface area contributed by atoms with Gasteiger partial charge in [0.2, 0.25) is 0 Å². The second kappa shape index (κ2) is 5.61. The molecule has 0 saturated carbocycles. The normalized spacial score (nSPS) is 10.8. The van der Waals surface area contributed by atoms with Crippen molar-refractivity contribution in [1.82, 2.24) is 4.90 Å². The highest BCUT2D eigenvalue weighted by Crippen LogP contribution is 2.16. The van der Waals surface area contributed by atoms with Gasteiger partial charge in [0.1, 0.15) is 5.75 Å². The number of alkyl halides is 2. The molecule has 0 saturated heterocycles. The molecule has 1 aromatic carbocycles. The molecule has 0 spiro atoms. The van der Waals surface area contributed by atoms with Gasteiger partial charge in [0, 0.05) is 18.7 Å². The van der Waals surface area contributed by atoms with Gasteiger partial charge in [0.15, 0.2) is 0 Å². The average Bonchev–Trinajstić information content (AvgIpc) is 2.27. The summed E-state index contributed by atoms with van der Waals surface area (Å²) in [4.78, 5) is 13.4. The summed E-state index contributed by atoms with van der Waals surface area (Å²) >= 11 is 0. The lowest BCUT2D eigenvalue weighted by atomic mass is 10.2. The Kier molecular flexibility index (Phi) is 4.43. The van der Waals surface area contributed by atoms with Crippen LogP contribution in [-0.4, -0.2) is 30.5 Å². The van der Waals surface area contributed by atoms with Gasteiger partial charge in [-0.15, -0.1) is 0 Å². The van der Waals surface area contributed by atoms with Crippen molar-refractivity contribution in [3.8, 4) is 5.75 Å². The molecular formula is C12H15F2NO2. The molecule has 0 aliphatic heterocycles. The second-order valence-corrected chi connectivity index (χ2v) is 3.91. The maximum Gasteiger partial charge on any atom is 0.387 e. The number of nitrogens with zero attached hydrogens (tertiary/aromatic N) is 1. The number of halogens is 2. The minimum atomic E-state index is -2.85. The number of hydrogen-bond donors (Lipinski definition) is 0. The van der Waals surface area contributed by atoms with E-state index in [-0.39, 0.29) is 17.7 Å². The standard InChI is InChI=1S/C12H15F2NO2/c1-8(2)15(3)11(16)9-4-6-10(7-5-9)17-12(13)14/h4-8,12H,1-3H3. The Morgan fingerprint density at radius 1 is 1.24 bits per heavy atom. The number of amides is 1. The van der Waals surface area contributed by atoms with Gasteiger partial charge in [0.05, 0.1) is 0 Å². The summed E-state index contributed by atoms with van der Waals surface area (Å²) in [6.45, 7) is 0.938. The maximum absolute atomic E-state index is 11.9. The molecule has 3 nitrogen and oxygen atoms in total. The Bertz CT molecular complexity index is 377. The molecule has 0 radical (unpaired) electrons. The topological polar surface area (TPSA) is 29.5 Å². The highest BCUT2D eigenvalue weighted by atomic mass is 19.3. The van der Waals surface area contributed by atoms with E-state index in [1.54, 1.807) is 11.9 Å². The molecule has 0 N–H and O–H groups in total. The van der Waals surface area contributed by atoms with E-state index in [2.05, 4.69) is 4.74 Å². The summed E-state index contributed by atoms with van der Waals surface area (Å²) in [6, 6.07) is 5.73. The summed E-state index contributed by atoms with van der Waals surface area (Å²) in [5.41, 5.74) is 0.447. The van der Waals surface area contributed by atoms with Crippen molar-refractivity contribution >= 4 is 5.91 Å². The molecule has 0 unspecified atom stereocenters. The van der Waals surface area contributed by atoms with Crippen molar-refractivity contribution in [2.45, 2.75) is 26.5 Å². The summed E-state index contributed by atoms with van der Waals surface area (Å²) in [5.74, 6) is -0.104. The van der Waals surface area contributed by atoms with E-state index < -0.39 is 6.61 Å². The first-order valence-electron chi connectivity index (χ1n) is 5.24. The number of hydrogen-bond acceptors (Lipinski definition) is 2. The zero-order chi connectivity index (χ0) is 13.0. The molecule has 0 atom stereocenters. The molecule has 17 heavy (non-hydrogen) atoms. The number of carbonyl (C=O) groups excluding carboxylic acids is 1. The fraction of sp³-hybridized carbons (Fsp3) is 0.417. The Morgan fingerprint density at radius 3 is 2.18 bits per heavy atom. The number of benzene rings is 1. The zero-order valence-electron chi connectivity index (χ0n) is 9.98. The fourth-order valence-electron chi connectivity index (χ4n) is 1.22. The largest absolute Gasteiger partial charge is 0.435 e. The molecule has 0 fully saturated rings. The highest BCUT2D eigenvalue weighted by molar-refractivity contribution is 5.94. The molecule has 94 valence electrons. The predicted molar refractivity (Wildman–Crippen MR) is 60.3 cm³/mol. The van der Waals surface area contributed by atoms with E-state index in [1.165, 1.54) is 24.3 Å². The van der Waals surface area contributed by atoms with Crippen LogP contribution in [-0.2, 0) is 0 Å². The Balaban J connectivity index is 2.77. The third-order valence-electron chi connectivity index (χ3n) is 2.42. The van der Waals surface area contributed by atoms with E-state index in [0.29, 0.717) is 5.56 Å². The molecule has 0 aromatic heterocycles. The van der Waals surface area contributed by atoms with Gasteiger partial charge >= 0.3 is 6.61 Å². The molecule has 0 bridgehead atoms. The average molecular weight is 243 g/mol. The van der Waals surface area contributed by atoms with Crippen LogP contribution < -0.4 is 4.74 Å². The maximum atomic E-state index is 11.9. The van der Waals surface area contributed by atoms with E-state index >= 15 is 0 Å². The molecule has 0 aliphatic rings. The van der Waals surface area contributed by atoms with Crippen LogP contribution in [0.25, 0.3) is 0 Å². The van der Waals surface area contributed by atoms with E-state index in [9.17, 15) is 13.6 Å². The van der Waals surface area contributed by atoms with Crippen LogP contribution in [0.5, 0.6) is 5.75 Å².